The summed E-state index contributed by atoms with van der Waals surface area (Å²) >= 11 is 0. The van der Waals surface area contributed by atoms with E-state index in [9.17, 15) is 4.79 Å². The SMILES string of the molecule is O=C(NCC1Cc2ccccc21)[C@@H]1Cc2ccccc2N1. The molecule has 2 N–H and O–H groups in total. The molecule has 2 aromatic carbocycles. The molecule has 0 spiro atoms. The topological polar surface area (TPSA) is 41.1 Å². The molecule has 21 heavy (non-hydrogen) atoms. The van der Waals surface area contributed by atoms with Crippen molar-refractivity contribution >= 4 is 11.6 Å². The van der Waals surface area contributed by atoms with Gasteiger partial charge in [-0.05, 0) is 29.2 Å². The lowest BCUT2D eigenvalue weighted by Crippen LogP contribution is -2.41. The molecule has 1 amide bonds. The monoisotopic (exact) mass is 278 g/mol. The second-order valence-corrected chi connectivity index (χ2v) is 5.90. The van der Waals surface area contributed by atoms with Crippen LogP contribution in [0, 0.1) is 0 Å². The van der Waals surface area contributed by atoms with Gasteiger partial charge in [0.25, 0.3) is 0 Å². The predicted octanol–water partition coefficient (Wildman–Crippen LogP) is 2.48. The summed E-state index contributed by atoms with van der Waals surface area (Å²) < 4.78 is 0. The first kappa shape index (κ1) is 12.5. The number of fused-ring (bicyclic) bond motifs is 2. The van der Waals surface area contributed by atoms with Gasteiger partial charge in [0.15, 0.2) is 0 Å². The lowest BCUT2D eigenvalue weighted by atomic mass is 9.77. The van der Waals surface area contributed by atoms with E-state index in [1.54, 1.807) is 0 Å². The maximum atomic E-state index is 12.3. The molecule has 2 aliphatic rings. The first-order valence-corrected chi connectivity index (χ1v) is 7.51. The Balaban J connectivity index is 1.34. The number of rotatable bonds is 3. The average Bonchev–Trinajstić information content (AvgIpc) is 2.92. The number of hydrogen-bond acceptors (Lipinski definition) is 2. The molecular weight excluding hydrogens is 260 g/mol. The fourth-order valence-electron chi connectivity index (χ4n) is 3.35. The number of amides is 1. The second kappa shape index (κ2) is 4.92. The molecule has 1 unspecified atom stereocenters. The molecule has 3 nitrogen and oxygen atoms in total. The van der Waals surface area contributed by atoms with Crippen LogP contribution in [0.2, 0.25) is 0 Å². The van der Waals surface area contributed by atoms with Gasteiger partial charge in [0.1, 0.15) is 6.04 Å². The Bertz CT molecular complexity index is 670. The van der Waals surface area contributed by atoms with Crippen LogP contribution in [0.5, 0.6) is 0 Å². The molecule has 106 valence electrons. The third-order valence-electron chi connectivity index (χ3n) is 4.57. The summed E-state index contributed by atoms with van der Waals surface area (Å²) in [6.45, 7) is 0.740. The van der Waals surface area contributed by atoms with Gasteiger partial charge in [-0.15, -0.1) is 0 Å². The van der Waals surface area contributed by atoms with E-state index in [0.717, 1.165) is 25.1 Å². The first-order chi connectivity index (χ1) is 10.3. The Morgan fingerprint density at radius 1 is 1.05 bits per heavy atom. The summed E-state index contributed by atoms with van der Waals surface area (Å²) in [5.74, 6) is 0.588. The molecule has 0 saturated carbocycles. The molecule has 2 atom stereocenters. The van der Waals surface area contributed by atoms with Crippen LogP contribution in [-0.2, 0) is 17.6 Å². The molecule has 0 fully saturated rings. The van der Waals surface area contributed by atoms with Crippen LogP contribution in [0.1, 0.15) is 22.6 Å². The van der Waals surface area contributed by atoms with E-state index in [-0.39, 0.29) is 11.9 Å². The first-order valence-electron chi connectivity index (χ1n) is 7.51. The van der Waals surface area contributed by atoms with Gasteiger partial charge in [-0.25, -0.2) is 0 Å². The molecule has 4 rings (SSSR count). The second-order valence-electron chi connectivity index (χ2n) is 5.90. The van der Waals surface area contributed by atoms with Crippen molar-refractivity contribution in [2.24, 2.45) is 0 Å². The molecule has 0 aromatic heterocycles. The Kier molecular flexibility index (Phi) is 2.92. The highest BCUT2D eigenvalue weighted by Crippen LogP contribution is 2.34. The van der Waals surface area contributed by atoms with Crippen LogP contribution in [0.15, 0.2) is 48.5 Å². The molecular formula is C18H18N2O. The minimum absolute atomic E-state index is 0.107. The van der Waals surface area contributed by atoms with Gasteiger partial charge >= 0.3 is 0 Å². The Labute approximate surface area is 124 Å². The molecule has 0 saturated heterocycles. The van der Waals surface area contributed by atoms with E-state index in [1.165, 1.54) is 16.7 Å². The van der Waals surface area contributed by atoms with Crippen molar-refractivity contribution in [3.8, 4) is 0 Å². The van der Waals surface area contributed by atoms with Crippen molar-refractivity contribution in [2.75, 3.05) is 11.9 Å². The van der Waals surface area contributed by atoms with Crippen LogP contribution in [-0.4, -0.2) is 18.5 Å². The lowest BCUT2D eigenvalue weighted by Gasteiger charge is -2.30. The van der Waals surface area contributed by atoms with Gasteiger partial charge in [0.05, 0.1) is 0 Å². The molecule has 0 radical (unpaired) electrons. The summed E-state index contributed by atoms with van der Waals surface area (Å²) in [6, 6.07) is 16.5. The fourth-order valence-corrected chi connectivity index (χ4v) is 3.35. The normalized spacial score (nSPS) is 21.7. The van der Waals surface area contributed by atoms with E-state index in [1.807, 2.05) is 18.2 Å². The van der Waals surface area contributed by atoms with Gasteiger partial charge in [0, 0.05) is 24.6 Å². The van der Waals surface area contributed by atoms with Crippen LogP contribution < -0.4 is 10.6 Å². The molecule has 1 aliphatic carbocycles. The Hall–Kier alpha value is -2.29. The number of benzene rings is 2. The van der Waals surface area contributed by atoms with Gasteiger partial charge < -0.3 is 10.6 Å². The zero-order chi connectivity index (χ0) is 14.2. The van der Waals surface area contributed by atoms with E-state index in [0.29, 0.717) is 5.92 Å². The molecule has 3 heteroatoms. The smallest absolute Gasteiger partial charge is 0.242 e. The zero-order valence-electron chi connectivity index (χ0n) is 11.8. The third kappa shape index (κ3) is 2.19. The third-order valence-corrected chi connectivity index (χ3v) is 4.57. The number of nitrogens with one attached hydrogen (secondary N) is 2. The van der Waals surface area contributed by atoms with Crippen molar-refractivity contribution in [3.05, 3.63) is 65.2 Å². The van der Waals surface area contributed by atoms with E-state index < -0.39 is 0 Å². The van der Waals surface area contributed by atoms with E-state index in [4.69, 9.17) is 0 Å². The van der Waals surface area contributed by atoms with E-state index >= 15 is 0 Å². The minimum Gasteiger partial charge on any atom is -0.373 e. The highest BCUT2D eigenvalue weighted by atomic mass is 16.2. The van der Waals surface area contributed by atoms with Gasteiger partial charge in [0.2, 0.25) is 5.91 Å². The van der Waals surface area contributed by atoms with Gasteiger partial charge in [-0.2, -0.15) is 0 Å². The maximum Gasteiger partial charge on any atom is 0.242 e. The number of para-hydroxylation sites is 1. The number of carbonyl (C=O) groups is 1. The predicted molar refractivity (Wildman–Crippen MR) is 83.5 cm³/mol. The summed E-state index contributed by atoms with van der Waals surface area (Å²) in [5, 5.41) is 6.40. The number of hydrogen-bond donors (Lipinski definition) is 2. The van der Waals surface area contributed by atoms with E-state index in [2.05, 4.69) is 41.0 Å². The highest BCUT2D eigenvalue weighted by Gasteiger charge is 2.29. The molecule has 0 bridgehead atoms. The lowest BCUT2D eigenvalue weighted by molar-refractivity contribution is -0.121. The van der Waals surface area contributed by atoms with Crippen LogP contribution in [0.4, 0.5) is 5.69 Å². The minimum atomic E-state index is -0.127. The van der Waals surface area contributed by atoms with Crippen LogP contribution in [0.3, 0.4) is 0 Å². The number of carbonyl (C=O) groups excluding carboxylic acids is 1. The quantitative estimate of drug-likeness (QED) is 0.905. The summed E-state index contributed by atoms with van der Waals surface area (Å²) in [5.41, 5.74) is 5.13. The summed E-state index contributed by atoms with van der Waals surface area (Å²) in [7, 11) is 0. The molecule has 1 heterocycles. The van der Waals surface area contributed by atoms with Crippen molar-refractivity contribution < 1.29 is 4.79 Å². The van der Waals surface area contributed by atoms with Crippen molar-refractivity contribution in [1.82, 2.24) is 5.32 Å². The maximum absolute atomic E-state index is 12.3. The number of anilines is 1. The fraction of sp³-hybridized carbons (Fsp3) is 0.278. The average molecular weight is 278 g/mol. The van der Waals surface area contributed by atoms with Crippen LogP contribution >= 0.6 is 0 Å². The summed E-state index contributed by atoms with van der Waals surface area (Å²) in [6.07, 6.45) is 1.86. The van der Waals surface area contributed by atoms with Crippen molar-refractivity contribution in [2.45, 2.75) is 24.8 Å². The van der Waals surface area contributed by atoms with Crippen molar-refractivity contribution in [1.29, 1.82) is 0 Å². The zero-order valence-corrected chi connectivity index (χ0v) is 11.8. The Morgan fingerprint density at radius 2 is 1.81 bits per heavy atom. The van der Waals surface area contributed by atoms with Crippen molar-refractivity contribution in [3.63, 3.8) is 0 Å². The molecule has 2 aromatic rings. The standard InChI is InChI=1S/C18H18N2O/c21-18(17-10-13-6-2-4-8-16(13)20-17)19-11-14-9-12-5-1-3-7-15(12)14/h1-8,14,17,20H,9-11H2,(H,19,21)/t14?,17-/m0/s1. The van der Waals surface area contributed by atoms with Gasteiger partial charge in [-0.1, -0.05) is 42.5 Å². The van der Waals surface area contributed by atoms with Gasteiger partial charge in [-0.3, -0.25) is 4.79 Å². The highest BCUT2D eigenvalue weighted by molar-refractivity contribution is 5.87. The molecule has 1 aliphatic heterocycles. The Morgan fingerprint density at radius 3 is 2.62 bits per heavy atom. The van der Waals surface area contributed by atoms with Crippen LogP contribution in [0.25, 0.3) is 0 Å². The summed E-state index contributed by atoms with van der Waals surface area (Å²) in [4.78, 5) is 12.3. The largest absolute Gasteiger partial charge is 0.373 e.